The Morgan fingerprint density at radius 2 is 1.81 bits per heavy atom. The van der Waals surface area contributed by atoms with E-state index in [0.29, 0.717) is 6.42 Å². The molecule has 1 aromatic rings. The molecule has 1 rings (SSSR count). The number of hydrogen-bond acceptors (Lipinski definition) is 4. The lowest BCUT2D eigenvalue weighted by molar-refractivity contribution is -0.123. The summed E-state index contributed by atoms with van der Waals surface area (Å²) in [6.07, 6.45) is 0.686. The maximum Gasteiger partial charge on any atom is 0.231 e. The van der Waals surface area contributed by atoms with E-state index in [4.69, 9.17) is 17.2 Å². The number of rotatable bonds is 8. The standard InChI is InChI=1S/C14H21BrN4O2/c1-2-11(16)14(9-4-3-5-10(15)6-9)19(7-12(17)20)8-13(18)21/h3-6,11,14H,2,7-8,16H2,1H3,(H2,17,20)(H2,18,21). The smallest absolute Gasteiger partial charge is 0.231 e. The quantitative estimate of drug-likeness (QED) is 0.628. The normalized spacial score (nSPS) is 13.9. The first-order chi connectivity index (χ1) is 9.85. The van der Waals surface area contributed by atoms with Crippen LogP contribution >= 0.6 is 15.9 Å². The number of benzene rings is 1. The molecular formula is C14H21BrN4O2. The molecule has 0 bridgehead atoms. The number of amides is 2. The Balaban J connectivity index is 3.18. The summed E-state index contributed by atoms with van der Waals surface area (Å²) in [6, 6.07) is 7.02. The summed E-state index contributed by atoms with van der Waals surface area (Å²) in [5.41, 5.74) is 17.6. The monoisotopic (exact) mass is 356 g/mol. The number of hydrogen-bond donors (Lipinski definition) is 3. The summed E-state index contributed by atoms with van der Waals surface area (Å²) in [4.78, 5) is 24.2. The molecule has 0 aliphatic rings. The molecule has 0 aliphatic heterocycles. The van der Waals surface area contributed by atoms with Crippen molar-refractivity contribution in [1.29, 1.82) is 0 Å². The van der Waals surface area contributed by atoms with Crippen molar-refractivity contribution in [1.82, 2.24) is 4.90 Å². The van der Waals surface area contributed by atoms with Crippen LogP contribution in [-0.4, -0.2) is 35.8 Å². The molecule has 6 N–H and O–H groups in total. The van der Waals surface area contributed by atoms with Gasteiger partial charge in [0.05, 0.1) is 19.1 Å². The Bertz CT molecular complexity index is 494. The second-order valence-electron chi connectivity index (χ2n) is 4.91. The van der Waals surface area contributed by atoms with E-state index in [1.807, 2.05) is 31.2 Å². The third kappa shape index (κ3) is 5.45. The first-order valence-electron chi connectivity index (χ1n) is 6.66. The van der Waals surface area contributed by atoms with Crippen molar-refractivity contribution in [3.63, 3.8) is 0 Å². The molecule has 7 heteroatoms. The predicted molar refractivity (Wildman–Crippen MR) is 85.1 cm³/mol. The van der Waals surface area contributed by atoms with Gasteiger partial charge in [-0.15, -0.1) is 0 Å². The summed E-state index contributed by atoms with van der Waals surface area (Å²) < 4.78 is 0.895. The van der Waals surface area contributed by atoms with Crippen LogP contribution < -0.4 is 17.2 Å². The van der Waals surface area contributed by atoms with Crippen molar-refractivity contribution in [2.45, 2.75) is 25.4 Å². The highest BCUT2D eigenvalue weighted by atomic mass is 79.9. The molecule has 0 radical (unpaired) electrons. The third-order valence-electron chi connectivity index (χ3n) is 3.18. The van der Waals surface area contributed by atoms with Crippen molar-refractivity contribution in [3.8, 4) is 0 Å². The van der Waals surface area contributed by atoms with Gasteiger partial charge in [0.15, 0.2) is 0 Å². The zero-order valence-electron chi connectivity index (χ0n) is 12.0. The molecule has 2 amide bonds. The van der Waals surface area contributed by atoms with Gasteiger partial charge in [0.2, 0.25) is 11.8 Å². The minimum atomic E-state index is -0.528. The highest BCUT2D eigenvalue weighted by Crippen LogP contribution is 2.27. The largest absolute Gasteiger partial charge is 0.369 e. The van der Waals surface area contributed by atoms with Gasteiger partial charge in [-0.1, -0.05) is 35.0 Å². The fourth-order valence-electron chi connectivity index (χ4n) is 2.30. The first-order valence-corrected chi connectivity index (χ1v) is 7.46. The molecule has 0 saturated heterocycles. The number of nitrogens with zero attached hydrogens (tertiary/aromatic N) is 1. The lowest BCUT2D eigenvalue weighted by Gasteiger charge is -2.34. The first kappa shape index (κ1) is 17.6. The second-order valence-corrected chi connectivity index (χ2v) is 5.83. The van der Waals surface area contributed by atoms with Crippen LogP contribution in [0.5, 0.6) is 0 Å². The average Bonchev–Trinajstić information content (AvgIpc) is 2.37. The van der Waals surface area contributed by atoms with Crippen LogP contribution in [0.2, 0.25) is 0 Å². The van der Waals surface area contributed by atoms with Gasteiger partial charge in [0.25, 0.3) is 0 Å². The Kier molecular flexibility index (Phi) is 6.80. The molecule has 0 aliphatic carbocycles. The van der Waals surface area contributed by atoms with Crippen LogP contribution in [0.4, 0.5) is 0 Å². The third-order valence-corrected chi connectivity index (χ3v) is 3.67. The molecule has 1 aromatic carbocycles. The summed E-state index contributed by atoms with van der Waals surface area (Å²) >= 11 is 3.41. The van der Waals surface area contributed by atoms with Gasteiger partial charge in [-0.2, -0.15) is 0 Å². The highest BCUT2D eigenvalue weighted by Gasteiger charge is 2.28. The summed E-state index contributed by atoms with van der Waals surface area (Å²) in [7, 11) is 0. The molecular weight excluding hydrogens is 336 g/mol. The van der Waals surface area contributed by atoms with Gasteiger partial charge >= 0.3 is 0 Å². The van der Waals surface area contributed by atoms with Crippen molar-refractivity contribution in [3.05, 3.63) is 34.3 Å². The van der Waals surface area contributed by atoms with Crippen LogP contribution in [-0.2, 0) is 9.59 Å². The van der Waals surface area contributed by atoms with Gasteiger partial charge in [-0.25, -0.2) is 0 Å². The number of carbonyl (C=O) groups excluding carboxylic acids is 2. The van der Waals surface area contributed by atoms with Gasteiger partial charge in [-0.3, -0.25) is 14.5 Å². The van der Waals surface area contributed by atoms with Crippen LogP contribution in [0.15, 0.2) is 28.7 Å². The molecule has 0 spiro atoms. The van der Waals surface area contributed by atoms with Gasteiger partial charge in [0.1, 0.15) is 0 Å². The van der Waals surface area contributed by atoms with Crippen LogP contribution in [0, 0.1) is 0 Å². The second kappa shape index (κ2) is 8.11. The van der Waals surface area contributed by atoms with Crippen LogP contribution in [0.3, 0.4) is 0 Å². The average molecular weight is 357 g/mol. The fourth-order valence-corrected chi connectivity index (χ4v) is 2.71. The molecule has 2 atom stereocenters. The summed E-state index contributed by atoms with van der Waals surface area (Å²) in [5.74, 6) is -1.06. The van der Waals surface area contributed by atoms with Crippen molar-refractivity contribution in [2.24, 2.45) is 17.2 Å². The molecule has 2 unspecified atom stereocenters. The molecule has 21 heavy (non-hydrogen) atoms. The van der Waals surface area contributed by atoms with Gasteiger partial charge < -0.3 is 17.2 Å². The Morgan fingerprint density at radius 3 is 2.24 bits per heavy atom. The number of primary amides is 2. The minimum absolute atomic E-state index is 0.0756. The Hall–Kier alpha value is -1.44. The van der Waals surface area contributed by atoms with E-state index < -0.39 is 11.8 Å². The SMILES string of the molecule is CCC(N)C(c1cccc(Br)c1)N(CC(N)=O)CC(N)=O. The molecule has 0 fully saturated rings. The maximum absolute atomic E-state index is 11.3. The number of carbonyl (C=O) groups is 2. The van der Waals surface area contributed by atoms with Crippen molar-refractivity contribution < 1.29 is 9.59 Å². The Labute approximate surface area is 132 Å². The van der Waals surface area contributed by atoms with Crippen molar-refractivity contribution in [2.75, 3.05) is 13.1 Å². The zero-order chi connectivity index (χ0) is 16.0. The van der Waals surface area contributed by atoms with E-state index in [-0.39, 0.29) is 25.2 Å². The molecule has 0 heterocycles. The van der Waals surface area contributed by atoms with E-state index >= 15 is 0 Å². The lowest BCUT2D eigenvalue weighted by Crippen LogP contribution is -2.47. The maximum atomic E-state index is 11.3. The van der Waals surface area contributed by atoms with E-state index in [2.05, 4.69) is 15.9 Å². The van der Waals surface area contributed by atoms with E-state index in [1.54, 1.807) is 4.90 Å². The molecule has 6 nitrogen and oxygen atoms in total. The number of nitrogens with two attached hydrogens (primary N) is 3. The summed E-state index contributed by atoms with van der Waals surface area (Å²) in [6.45, 7) is 1.80. The van der Waals surface area contributed by atoms with Gasteiger partial charge in [0, 0.05) is 10.5 Å². The van der Waals surface area contributed by atoms with Gasteiger partial charge in [-0.05, 0) is 24.1 Å². The van der Waals surface area contributed by atoms with Crippen LogP contribution in [0.25, 0.3) is 0 Å². The topological polar surface area (TPSA) is 115 Å². The van der Waals surface area contributed by atoms with Crippen molar-refractivity contribution >= 4 is 27.7 Å². The minimum Gasteiger partial charge on any atom is -0.369 e. The predicted octanol–water partition coefficient (Wildman–Crippen LogP) is 0.500. The zero-order valence-corrected chi connectivity index (χ0v) is 13.5. The fraction of sp³-hybridized carbons (Fsp3) is 0.429. The van der Waals surface area contributed by atoms with E-state index in [1.165, 1.54) is 0 Å². The number of halogens is 1. The van der Waals surface area contributed by atoms with E-state index in [0.717, 1.165) is 10.0 Å². The summed E-state index contributed by atoms with van der Waals surface area (Å²) in [5, 5.41) is 0. The molecule has 0 aromatic heterocycles. The van der Waals surface area contributed by atoms with E-state index in [9.17, 15) is 9.59 Å². The molecule has 116 valence electrons. The lowest BCUT2D eigenvalue weighted by atomic mass is 9.96. The van der Waals surface area contributed by atoms with Crippen LogP contribution in [0.1, 0.15) is 24.9 Å². The molecule has 0 saturated carbocycles. The Morgan fingerprint density at radius 1 is 1.24 bits per heavy atom. The highest BCUT2D eigenvalue weighted by molar-refractivity contribution is 9.10.